The molecule has 0 heterocycles. The van der Waals surface area contributed by atoms with Crippen molar-refractivity contribution < 1.29 is 14.3 Å². The van der Waals surface area contributed by atoms with Crippen LogP contribution >= 0.6 is 0 Å². The highest BCUT2D eigenvalue weighted by Gasteiger charge is 2.29. The summed E-state index contributed by atoms with van der Waals surface area (Å²) in [5.74, 6) is -0.348. The van der Waals surface area contributed by atoms with Crippen molar-refractivity contribution in [2.24, 2.45) is 11.1 Å². The summed E-state index contributed by atoms with van der Waals surface area (Å²) in [6.45, 7) is 9.98. The van der Waals surface area contributed by atoms with E-state index in [2.05, 4.69) is 0 Å². The van der Waals surface area contributed by atoms with Crippen LogP contribution in [0.3, 0.4) is 0 Å². The second-order valence-corrected chi connectivity index (χ2v) is 5.73. The Hall–Kier alpha value is -0.610. The lowest BCUT2D eigenvalue weighted by molar-refractivity contribution is -0.149. The van der Waals surface area contributed by atoms with E-state index in [1.807, 2.05) is 34.6 Å². The molecular weight excluding hydrogens is 206 g/mol. The lowest BCUT2D eigenvalue weighted by atomic mass is 9.87. The zero-order chi connectivity index (χ0) is 13.0. The quantitative estimate of drug-likeness (QED) is 0.732. The molecule has 0 bridgehead atoms. The third-order valence-corrected chi connectivity index (χ3v) is 2.69. The van der Waals surface area contributed by atoms with Crippen LogP contribution < -0.4 is 5.73 Å². The van der Waals surface area contributed by atoms with E-state index in [4.69, 9.17) is 15.2 Å². The van der Waals surface area contributed by atoms with Crippen molar-refractivity contribution in [3.05, 3.63) is 0 Å². The Morgan fingerprint density at radius 1 is 1.25 bits per heavy atom. The molecule has 16 heavy (non-hydrogen) atoms. The topological polar surface area (TPSA) is 61.5 Å². The molecule has 0 unspecified atom stereocenters. The summed E-state index contributed by atoms with van der Waals surface area (Å²) in [7, 11) is 1.64. The van der Waals surface area contributed by atoms with Crippen molar-refractivity contribution in [3.63, 3.8) is 0 Å². The molecule has 0 spiro atoms. The summed E-state index contributed by atoms with van der Waals surface area (Å²) >= 11 is 0. The van der Waals surface area contributed by atoms with Crippen LogP contribution in [0.5, 0.6) is 0 Å². The van der Waals surface area contributed by atoms with Gasteiger partial charge >= 0.3 is 5.97 Å². The number of carbonyl (C=O) groups excluding carboxylic acids is 1. The molecule has 1 atom stereocenters. The van der Waals surface area contributed by atoms with E-state index < -0.39 is 6.04 Å². The smallest absolute Gasteiger partial charge is 0.323 e. The van der Waals surface area contributed by atoms with Crippen molar-refractivity contribution in [3.8, 4) is 0 Å². The summed E-state index contributed by atoms with van der Waals surface area (Å²) in [5.41, 5.74) is 5.23. The zero-order valence-corrected chi connectivity index (χ0v) is 11.3. The van der Waals surface area contributed by atoms with Gasteiger partial charge in [0.05, 0.1) is 12.2 Å². The molecule has 0 rings (SSSR count). The molecule has 0 amide bonds. The monoisotopic (exact) mass is 231 g/mol. The number of hydrogen-bond acceptors (Lipinski definition) is 4. The van der Waals surface area contributed by atoms with Crippen molar-refractivity contribution in [1.82, 2.24) is 0 Å². The van der Waals surface area contributed by atoms with Crippen molar-refractivity contribution in [1.29, 1.82) is 0 Å². The van der Waals surface area contributed by atoms with Crippen LogP contribution in [-0.2, 0) is 14.3 Å². The van der Waals surface area contributed by atoms with Crippen molar-refractivity contribution in [2.75, 3.05) is 13.7 Å². The number of hydrogen-bond donors (Lipinski definition) is 1. The maximum absolute atomic E-state index is 11.6. The average molecular weight is 231 g/mol. The first-order chi connectivity index (χ1) is 7.10. The molecule has 4 heteroatoms. The van der Waals surface area contributed by atoms with Gasteiger partial charge in [-0.3, -0.25) is 4.79 Å². The van der Waals surface area contributed by atoms with Gasteiger partial charge in [0.15, 0.2) is 0 Å². The molecular formula is C12H25NO3. The third kappa shape index (κ3) is 5.47. The minimum absolute atomic E-state index is 0.270. The molecule has 96 valence electrons. The number of rotatable bonds is 5. The fourth-order valence-electron chi connectivity index (χ4n) is 0.943. The van der Waals surface area contributed by atoms with E-state index in [1.54, 1.807) is 7.11 Å². The summed E-state index contributed by atoms with van der Waals surface area (Å²) in [5, 5.41) is 0. The van der Waals surface area contributed by atoms with Gasteiger partial charge in [-0.2, -0.15) is 0 Å². The summed E-state index contributed by atoms with van der Waals surface area (Å²) in [6.07, 6.45) is 0.659. The molecule has 0 radical (unpaired) electrons. The molecule has 0 saturated carbocycles. The van der Waals surface area contributed by atoms with Gasteiger partial charge < -0.3 is 15.2 Å². The van der Waals surface area contributed by atoms with Crippen molar-refractivity contribution >= 4 is 5.97 Å². The minimum atomic E-state index is -0.585. The second-order valence-electron chi connectivity index (χ2n) is 5.73. The molecule has 0 aromatic rings. The zero-order valence-electron chi connectivity index (χ0n) is 11.3. The van der Waals surface area contributed by atoms with Crippen molar-refractivity contribution in [2.45, 2.75) is 52.7 Å². The minimum Gasteiger partial charge on any atom is -0.464 e. The fourth-order valence-corrected chi connectivity index (χ4v) is 0.943. The van der Waals surface area contributed by atoms with E-state index >= 15 is 0 Å². The first-order valence-electron chi connectivity index (χ1n) is 5.57. The van der Waals surface area contributed by atoms with Crippen LogP contribution in [0.4, 0.5) is 0 Å². The maximum Gasteiger partial charge on any atom is 0.323 e. The molecule has 0 saturated heterocycles. The van der Waals surface area contributed by atoms with Gasteiger partial charge in [0, 0.05) is 13.5 Å². The highest BCUT2D eigenvalue weighted by molar-refractivity contribution is 5.76. The SMILES string of the molecule is COC(C)(C)CCOC(=O)[C@H](N)C(C)(C)C. The Labute approximate surface area is 98.5 Å². The number of esters is 1. The predicted molar refractivity (Wildman–Crippen MR) is 64.1 cm³/mol. The standard InChI is InChI=1S/C12H25NO3/c1-11(2,3)9(13)10(14)16-8-7-12(4,5)15-6/h9H,7-8,13H2,1-6H3/t9-/m0/s1. The van der Waals surface area contributed by atoms with E-state index in [-0.39, 0.29) is 17.0 Å². The Morgan fingerprint density at radius 3 is 2.12 bits per heavy atom. The molecule has 0 fully saturated rings. The van der Waals surface area contributed by atoms with Crippen LogP contribution in [-0.4, -0.2) is 31.3 Å². The Kier molecular flexibility index (Phi) is 5.42. The normalized spacial score (nSPS) is 14.7. The van der Waals surface area contributed by atoms with Crippen LogP contribution in [0, 0.1) is 5.41 Å². The lowest BCUT2D eigenvalue weighted by Crippen LogP contribution is -2.43. The van der Waals surface area contributed by atoms with Gasteiger partial charge in [-0.05, 0) is 19.3 Å². The molecule has 0 aliphatic carbocycles. The van der Waals surface area contributed by atoms with E-state index in [1.165, 1.54) is 0 Å². The number of ether oxygens (including phenoxy) is 2. The third-order valence-electron chi connectivity index (χ3n) is 2.69. The molecule has 0 aliphatic rings. The van der Waals surface area contributed by atoms with Crippen LogP contribution in [0.25, 0.3) is 0 Å². The maximum atomic E-state index is 11.6. The molecule has 4 nitrogen and oxygen atoms in total. The highest BCUT2D eigenvalue weighted by atomic mass is 16.5. The van der Waals surface area contributed by atoms with Gasteiger partial charge in [0.2, 0.25) is 0 Å². The molecule has 0 aliphatic heterocycles. The number of methoxy groups -OCH3 is 1. The van der Waals surface area contributed by atoms with Gasteiger partial charge in [-0.25, -0.2) is 0 Å². The number of carbonyl (C=O) groups is 1. The van der Waals surface area contributed by atoms with E-state index in [0.29, 0.717) is 13.0 Å². The Bertz CT molecular complexity index is 231. The average Bonchev–Trinajstić information content (AvgIpc) is 2.14. The Balaban J connectivity index is 4.01. The van der Waals surface area contributed by atoms with Gasteiger partial charge in [-0.1, -0.05) is 20.8 Å². The first-order valence-corrected chi connectivity index (χ1v) is 5.57. The lowest BCUT2D eigenvalue weighted by Gasteiger charge is -2.26. The van der Waals surface area contributed by atoms with E-state index in [0.717, 1.165) is 0 Å². The number of nitrogens with two attached hydrogens (primary N) is 1. The Morgan fingerprint density at radius 2 is 1.75 bits per heavy atom. The highest BCUT2D eigenvalue weighted by Crippen LogP contribution is 2.19. The summed E-state index contributed by atoms with van der Waals surface area (Å²) < 4.78 is 10.3. The second kappa shape index (κ2) is 5.64. The predicted octanol–water partition coefficient (Wildman–Crippen LogP) is 1.72. The van der Waals surface area contributed by atoms with Crippen LogP contribution in [0.1, 0.15) is 41.0 Å². The summed E-state index contributed by atoms with van der Waals surface area (Å²) in [4.78, 5) is 11.6. The molecule has 0 aromatic carbocycles. The van der Waals surface area contributed by atoms with Gasteiger partial charge in [0.25, 0.3) is 0 Å². The van der Waals surface area contributed by atoms with Gasteiger partial charge in [-0.15, -0.1) is 0 Å². The van der Waals surface area contributed by atoms with Crippen LogP contribution in [0.2, 0.25) is 0 Å². The van der Waals surface area contributed by atoms with E-state index in [9.17, 15) is 4.79 Å². The fraction of sp³-hybridized carbons (Fsp3) is 0.917. The summed E-state index contributed by atoms with van der Waals surface area (Å²) in [6, 6.07) is -0.585. The van der Waals surface area contributed by atoms with Gasteiger partial charge in [0.1, 0.15) is 6.04 Å². The first kappa shape index (κ1) is 15.4. The molecule has 0 aromatic heterocycles. The molecule has 2 N–H and O–H groups in total. The largest absolute Gasteiger partial charge is 0.464 e. The van der Waals surface area contributed by atoms with Crippen LogP contribution in [0.15, 0.2) is 0 Å².